The number of likely N-dealkylation sites (N-methyl/N-ethyl adjacent to an activating group) is 1. The van der Waals surface area contributed by atoms with Crippen molar-refractivity contribution in [2.24, 2.45) is 0 Å². The normalized spacial score (nSPS) is 12.4. The van der Waals surface area contributed by atoms with Crippen LogP contribution >= 0.6 is 0 Å². The summed E-state index contributed by atoms with van der Waals surface area (Å²) in [5.74, 6) is 0. The first kappa shape index (κ1) is 12.7. The highest BCUT2D eigenvalue weighted by Gasteiger charge is 2.13. The van der Waals surface area contributed by atoms with E-state index in [1.807, 2.05) is 19.3 Å². The van der Waals surface area contributed by atoms with Gasteiger partial charge in [-0.05, 0) is 55.6 Å². The first-order chi connectivity index (χ1) is 8.72. The van der Waals surface area contributed by atoms with Crippen LogP contribution in [0, 0.1) is 13.8 Å². The van der Waals surface area contributed by atoms with Gasteiger partial charge >= 0.3 is 0 Å². The van der Waals surface area contributed by atoms with E-state index in [4.69, 9.17) is 0 Å². The number of rotatable bonds is 4. The Labute approximate surface area is 108 Å². The highest BCUT2D eigenvalue weighted by Crippen LogP contribution is 2.22. The van der Waals surface area contributed by atoms with Crippen molar-refractivity contribution in [3.05, 3.63) is 58.9 Å². The topological polar surface area (TPSA) is 37.8 Å². The van der Waals surface area contributed by atoms with Gasteiger partial charge in [0.05, 0.1) is 6.20 Å². The Hall–Kier alpha value is -1.74. The van der Waals surface area contributed by atoms with Crippen LogP contribution in [0.5, 0.6) is 0 Å². The molecule has 0 radical (unpaired) electrons. The molecule has 0 aliphatic heterocycles. The van der Waals surface area contributed by atoms with Crippen molar-refractivity contribution in [1.82, 2.24) is 15.5 Å². The van der Waals surface area contributed by atoms with Crippen LogP contribution in [0.25, 0.3) is 0 Å². The molecule has 2 aromatic rings. The zero-order chi connectivity index (χ0) is 13.0. The predicted octanol–water partition coefficient (Wildman–Crippen LogP) is 2.60. The third kappa shape index (κ3) is 2.74. The van der Waals surface area contributed by atoms with Crippen LogP contribution in [0.15, 0.2) is 36.7 Å². The molecule has 0 aliphatic carbocycles. The number of benzene rings is 1. The summed E-state index contributed by atoms with van der Waals surface area (Å²) in [7, 11) is 1.98. The van der Waals surface area contributed by atoms with Crippen molar-refractivity contribution >= 4 is 0 Å². The van der Waals surface area contributed by atoms with Crippen molar-refractivity contribution < 1.29 is 0 Å². The molecule has 3 nitrogen and oxygen atoms in total. The summed E-state index contributed by atoms with van der Waals surface area (Å²) in [5.41, 5.74) is 5.28. The van der Waals surface area contributed by atoms with Crippen LogP contribution in [-0.2, 0) is 6.42 Å². The van der Waals surface area contributed by atoms with E-state index in [1.54, 1.807) is 6.20 Å². The van der Waals surface area contributed by atoms with Crippen LogP contribution in [-0.4, -0.2) is 17.2 Å². The quantitative estimate of drug-likeness (QED) is 0.894. The Balaban J connectivity index is 2.26. The van der Waals surface area contributed by atoms with Gasteiger partial charge in [-0.15, -0.1) is 0 Å². The Bertz CT molecular complexity index is 488. The molecule has 1 aromatic heterocycles. The lowest BCUT2D eigenvalue weighted by Gasteiger charge is -2.19. The van der Waals surface area contributed by atoms with Gasteiger partial charge in [0.2, 0.25) is 0 Å². The molecule has 0 saturated heterocycles. The van der Waals surface area contributed by atoms with Crippen LogP contribution < -0.4 is 5.32 Å². The van der Waals surface area contributed by atoms with E-state index in [2.05, 4.69) is 47.6 Å². The van der Waals surface area contributed by atoms with E-state index in [-0.39, 0.29) is 6.04 Å². The number of nitrogens with one attached hydrogen (secondary N) is 1. The smallest absolute Gasteiger partial charge is 0.0544 e. The molecule has 1 heterocycles. The molecule has 1 aromatic carbocycles. The van der Waals surface area contributed by atoms with Gasteiger partial charge in [-0.3, -0.25) is 0 Å². The van der Waals surface area contributed by atoms with E-state index >= 15 is 0 Å². The molecule has 2 rings (SSSR count). The van der Waals surface area contributed by atoms with Crippen LogP contribution in [0.1, 0.15) is 28.3 Å². The summed E-state index contributed by atoms with van der Waals surface area (Å²) in [6.07, 6.45) is 4.54. The molecule has 0 fully saturated rings. The second-order valence-electron chi connectivity index (χ2n) is 4.59. The Kier molecular flexibility index (Phi) is 4.05. The number of hydrogen-bond donors (Lipinski definition) is 1. The van der Waals surface area contributed by atoms with Crippen molar-refractivity contribution in [3.63, 3.8) is 0 Å². The van der Waals surface area contributed by atoms with Gasteiger partial charge in [-0.1, -0.05) is 18.2 Å². The molecule has 1 N–H and O–H groups in total. The fourth-order valence-electron chi connectivity index (χ4n) is 2.27. The largest absolute Gasteiger partial charge is 0.313 e. The van der Waals surface area contributed by atoms with Gasteiger partial charge in [-0.2, -0.15) is 10.2 Å². The third-order valence-corrected chi connectivity index (χ3v) is 3.41. The van der Waals surface area contributed by atoms with E-state index in [0.29, 0.717) is 0 Å². The second-order valence-corrected chi connectivity index (χ2v) is 4.59. The van der Waals surface area contributed by atoms with Crippen LogP contribution in [0.2, 0.25) is 0 Å². The zero-order valence-corrected chi connectivity index (χ0v) is 11.1. The average molecular weight is 241 g/mol. The number of aryl methyl sites for hydroxylation is 2. The minimum absolute atomic E-state index is 0.278. The molecular formula is C15H19N3. The Morgan fingerprint density at radius 2 is 1.83 bits per heavy atom. The monoisotopic (exact) mass is 241 g/mol. The van der Waals surface area contributed by atoms with Gasteiger partial charge in [0.1, 0.15) is 0 Å². The van der Waals surface area contributed by atoms with E-state index in [9.17, 15) is 0 Å². The molecule has 18 heavy (non-hydrogen) atoms. The standard InChI is InChI=1S/C15H19N3/c1-11-5-4-6-12(2)14(11)9-15(16-3)13-7-8-17-18-10-13/h4-8,10,15-16H,9H2,1-3H3. The minimum Gasteiger partial charge on any atom is -0.313 e. The highest BCUT2D eigenvalue weighted by atomic mass is 15.1. The van der Waals surface area contributed by atoms with Gasteiger partial charge in [0.15, 0.2) is 0 Å². The summed E-state index contributed by atoms with van der Waals surface area (Å²) >= 11 is 0. The lowest BCUT2D eigenvalue weighted by atomic mass is 9.94. The van der Waals surface area contributed by atoms with Gasteiger partial charge < -0.3 is 5.32 Å². The first-order valence-electron chi connectivity index (χ1n) is 6.21. The van der Waals surface area contributed by atoms with Gasteiger partial charge in [0, 0.05) is 12.2 Å². The predicted molar refractivity (Wildman–Crippen MR) is 73.5 cm³/mol. The summed E-state index contributed by atoms with van der Waals surface area (Å²) in [6.45, 7) is 4.33. The van der Waals surface area contributed by atoms with Crippen molar-refractivity contribution in [1.29, 1.82) is 0 Å². The maximum absolute atomic E-state index is 3.95. The zero-order valence-electron chi connectivity index (χ0n) is 11.1. The van der Waals surface area contributed by atoms with Crippen LogP contribution in [0.4, 0.5) is 0 Å². The maximum atomic E-state index is 3.95. The fraction of sp³-hybridized carbons (Fsp3) is 0.333. The summed E-state index contributed by atoms with van der Waals surface area (Å²) in [6, 6.07) is 8.73. The van der Waals surface area contributed by atoms with E-state index in [0.717, 1.165) is 6.42 Å². The lowest BCUT2D eigenvalue weighted by Crippen LogP contribution is -2.20. The van der Waals surface area contributed by atoms with Gasteiger partial charge in [-0.25, -0.2) is 0 Å². The molecule has 0 saturated carbocycles. The minimum atomic E-state index is 0.278. The Morgan fingerprint density at radius 3 is 2.39 bits per heavy atom. The number of aromatic nitrogens is 2. The summed E-state index contributed by atoms with van der Waals surface area (Å²) in [5, 5.41) is 11.1. The third-order valence-electron chi connectivity index (χ3n) is 3.41. The van der Waals surface area contributed by atoms with E-state index < -0.39 is 0 Å². The van der Waals surface area contributed by atoms with Gasteiger partial charge in [0.25, 0.3) is 0 Å². The molecule has 0 spiro atoms. The average Bonchev–Trinajstić information content (AvgIpc) is 2.40. The Morgan fingerprint density at radius 1 is 1.11 bits per heavy atom. The SMILES string of the molecule is CNC(Cc1c(C)cccc1C)c1ccnnc1. The van der Waals surface area contributed by atoms with Crippen LogP contribution in [0.3, 0.4) is 0 Å². The first-order valence-corrected chi connectivity index (χ1v) is 6.21. The lowest BCUT2D eigenvalue weighted by molar-refractivity contribution is 0.585. The number of hydrogen-bond acceptors (Lipinski definition) is 3. The fourth-order valence-corrected chi connectivity index (χ4v) is 2.27. The van der Waals surface area contributed by atoms with Crippen molar-refractivity contribution in [2.75, 3.05) is 7.05 Å². The molecule has 3 heteroatoms. The molecule has 0 amide bonds. The summed E-state index contributed by atoms with van der Waals surface area (Å²) < 4.78 is 0. The highest BCUT2D eigenvalue weighted by molar-refractivity contribution is 5.35. The molecule has 1 atom stereocenters. The van der Waals surface area contributed by atoms with E-state index in [1.165, 1.54) is 22.3 Å². The molecular weight excluding hydrogens is 222 g/mol. The van der Waals surface area contributed by atoms with Crippen molar-refractivity contribution in [3.8, 4) is 0 Å². The molecule has 94 valence electrons. The summed E-state index contributed by atoms with van der Waals surface area (Å²) in [4.78, 5) is 0. The van der Waals surface area contributed by atoms with Crippen molar-refractivity contribution in [2.45, 2.75) is 26.3 Å². The number of nitrogens with zero attached hydrogens (tertiary/aromatic N) is 2. The maximum Gasteiger partial charge on any atom is 0.0544 e. The molecule has 0 aliphatic rings. The second kappa shape index (κ2) is 5.74. The molecule has 1 unspecified atom stereocenters. The molecule has 0 bridgehead atoms.